The summed E-state index contributed by atoms with van der Waals surface area (Å²) in [5.41, 5.74) is 1.34. The lowest BCUT2D eigenvalue weighted by molar-refractivity contribution is -0.192. The van der Waals surface area contributed by atoms with Gasteiger partial charge < -0.3 is 18.7 Å². The summed E-state index contributed by atoms with van der Waals surface area (Å²) in [6, 6.07) is 2.03. The number of furan rings is 1. The fourth-order valence-corrected chi connectivity index (χ4v) is 3.66. The number of fused-ring (bicyclic) bond motifs is 1. The van der Waals surface area contributed by atoms with Crippen LogP contribution < -0.4 is 0 Å². The van der Waals surface area contributed by atoms with Crippen LogP contribution in [0, 0.1) is 18.3 Å². The van der Waals surface area contributed by atoms with E-state index >= 15 is 0 Å². The van der Waals surface area contributed by atoms with Gasteiger partial charge in [-0.3, -0.25) is 4.90 Å². The van der Waals surface area contributed by atoms with Crippen molar-refractivity contribution in [3.63, 3.8) is 0 Å². The molecule has 4 heterocycles. The van der Waals surface area contributed by atoms with Crippen LogP contribution in [0.4, 0.5) is 13.2 Å². The molecule has 2 aliphatic rings. The molecule has 8 nitrogen and oxygen atoms in total. The van der Waals surface area contributed by atoms with E-state index < -0.39 is 12.1 Å². The van der Waals surface area contributed by atoms with Crippen LogP contribution in [-0.2, 0) is 22.5 Å². The molecule has 0 saturated carbocycles. The molecular weight excluding hydrogens is 383 g/mol. The Morgan fingerprint density at radius 2 is 2.18 bits per heavy atom. The Bertz CT molecular complexity index is 792. The van der Waals surface area contributed by atoms with E-state index in [9.17, 15) is 13.2 Å². The van der Waals surface area contributed by atoms with Gasteiger partial charge in [0.1, 0.15) is 0 Å². The number of ether oxygens (including phenoxy) is 1. The van der Waals surface area contributed by atoms with Gasteiger partial charge in [-0.25, -0.2) is 4.79 Å². The Morgan fingerprint density at radius 1 is 1.43 bits per heavy atom. The first-order valence-electron chi connectivity index (χ1n) is 8.58. The summed E-state index contributed by atoms with van der Waals surface area (Å²) in [7, 11) is 0. The predicted molar refractivity (Wildman–Crippen MR) is 87.2 cm³/mol. The van der Waals surface area contributed by atoms with E-state index in [2.05, 4.69) is 15.1 Å². The van der Waals surface area contributed by atoms with Crippen LogP contribution in [0.15, 0.2) is 27.4 Å². The lowest BCUT2D eigenvalue weighted by atomic mass is 9.78. The Morgan fingerprint density at radius 3 is 2.75 bits per heavy atom. The number of likely N-dealkylation sites (tertiary alicyclic amines) is 1. The Kier molecular flexibility index (Phi) is 5.75. The molecule has 0 radical (unpaired) electrons. The highest BCUT2D eigenvalue weighted by Gasteiger charge is 2.51. The van der Waals surface area contributed by atoms with Gasteiger partial charge in [0.15, 0.2) is 0 Å². The number of alkyl halides is 3. The minimum absolute atomic E-state index is 0.114. The van der Waals surface area contributed by atoms with Gasteiger partial charge in [0, 0.05) is 49.9 Å². The van der Waals surface area contributed by atoms with Crippen LogP contribution >= 0.6 is 0 Å². The van der Waals surface area contributed by atoms with Crippen molar-refractivity contribution in [2.45, 2.75) is 26.1 Å². The molecule has 2 aliphatic heterocycles. The molecule has 1 N–H and O–H groups in total. The Hall–Kier alpha value is -2.40. The number of carboxylic acids is 1. The summed E-state index contributed by atoms with van der Waals surface area (Å²) in [4.78, 5) is 11.4. The van der Waals surface area contributed by atoms with Crippen LogP contribution in [0.1, 0.15) is 17.3 Å². The van der Waals surface area contributed by atoms with E-state index in [0.717, 1.165) is 45.2 Å². The van der Waals surface area contributed by atoms with Crippen molar-refractivity contribution in [3.8, 4) is 0 Å². The van der Waals surface area contributed by atoms with Gasteiger partial charge in [-0.2, -0.15) is 13.2 Å². The highest BCUT2D eigenvalue weighted by molar-refractivity contribution is 5.73. The number of aryl methyl sites for hydroxylation is 1. The van der Waals surface area contributed by atoms with Crippen molar-refractivity contribution in [1.29, 1.82) is 0 Å². The fourth-order valence-electron chi connectivity index (χ4n) is 3.66. The van der Waals surface area contributed by atoms with E-state index in [1.807, 2.05) is 19.3 Å². The van der Waals surface area contributed by atoms with Crippen molar-refractivity contribution in [2.75, 3.05) is 26.3 Å². The third-order valence-electron chi connectivity index (χ3n) is 4.89. The summed E-state index contributed by atoms with van der Waals surface area (Å²) in [6.45, 7) is 6.42. The topological polar surface area (TPSA) is 102 Å². The van der Waals surface area contributed by atoms with Crippen LogP contribution in [0.25, 0.3) is 0 Å². The highest BCUT2D eigenvalue weighted by atomic mass is 19.4. The van der Waals surface area contributed by atoms with Gasteiger partial charge >= 0.3 is 12.1 Å². The normalized spacial score (nSPS) is 24.6. The maximum atomic E-state index is 10.6. The summed E-state index contributed by atoms with van der Waals surface area (Å²) >= 11 is 0. The first kappa shape index (κ1) is 20.3. The van der Waals surface area contributed by atoms with Crippen molar-refractivity contribution in [1.82, 2.24) is 15.1 Å². The molecule has 2 fully saturated rings. The van der Waals surface area contributed by atoms with Crippen molar-refractivity contribution >= 4 is 5.97 Å². The zero-order chi connectivity index (χ0) is 20.4. The summed E-state index contributed by atoms with van der Waals surface area (Å²) in [6.07, 6.45) is -0.731. The lowest BCUT2D eigenvalue weighted by Gasteiger charge is -2.25. The zero-order valence-electron chi connectivity index (χ0n) is 15.1. The first-order valence-corrected chi connectivity index (χ1v) is 8.58. The van der Waals surface area contributed by atoms with Gasteiger partial charge in [-0.1, -0.05) is 0 Å². The number of hydrogen-bond donors (Lipinski definition) is 1. The molecule has 0 spiro atoms. The zero-order valence-corrected chi connectivity index (χ0v) is 15.1. The molecule has 2 aromatic heterocycles. The maximum Gasteiger partial charge on any atom is 0.490 e. The minimum atomic E-state index is -5.08. The number of nitrogens with zero attached hydrogens (tertiary/aromatic N) is 3. The van der Waals surface area contributed by atoms with Crippen LogP contribution in [0.2, 0.25) is 0 Å². The number of rotatable bonds is 4. The second kappa shape index (κ2) is 7.92. The highest BCUT2D eigenvalue weighted by Crippen LogP contribution is 2.44. The van der Waals surface area contributed by atoms with Crippen molar-refractivity contribution in [2.24, 2.45) is 11.3 Å². The monoisotopic (exact) mass is 403 g/mol. The average molecular weight is 403 g/mol. The second-order valence-corrected chi connectivity index (χ2v) is 7.07. The number of aliphatic carboxylic acids is 1. The van der Waals surface area contributed by atoms with Gasteiger partial charge in [0.25, 0.3) is 0 Å². The third kappa shape index (κ3) is 4.71. The largest absolute Gasteiger partial charge is 0.490 e. The van der Waals surface area contributed by atoms with E-state index in [1.54, 1.807) is 6.26 Å². The number of aromatic nitrogens is 2. The first-order chi connectivity index (χ1) is 13.2. The molecule has 0 aliphatic carbocycles. The van der Waals surface area contributed by atoms with Gasteiger partial charge in [-0.05, 0) is 6.07 Å². The molecular formula is C17H20F3N3O5. The van der Waals surface area contributed by atoms with Crippen molar-refractivity contribution < 1.29 is 36.6 Å². The van der Waals surface area contributed by atoms with Gasteiger partial charge in [-0.15, -0.1) is 10.2 Å². The standard InChI is InChI=1S/C15H19N3O3.C2HF3O2/c1-11-16-17-14(21-11)4-15-9-18(5-12-2-3-19-7-12)6-13(15)8-20-10-15;3-2(4,5)1(6)7/h2-3,7,13H,4-6,8-10H2,1H3;(H,6,7)/t13-,15+;/m1./s1. The smallest absolute Gasteiger partial charge is 0.475 e. The maximum absolute atomic E-state index is 10.6. The number of halogens is 3. The fraction of sp³-hybridized carbons (Fsp3) is 0.588. The van der Waals surface area contributed by atoms with E-state index in [1.165, 1.54) is 5.56 Å². The quantitative estimate of drug-likeness (QED) is 0.830. The predicted octanol–water partition coefficient (Wildman–Crippen LogP) is 2.30. The summed E-state index contributed by atoms with van der Waals surface area (Å²) in [5, 5.41) is 15.2. The summed E-state index contributed by atoms with van der Waals surface area (Å²) in [5.74, 6) is -0.859. The summed E-state index contributed by atoms with van der Waals surface area (Å²) < 4.78 is 48.2. The van der Waals surface area contributed by atoms with Crippen LogP contribution in [-0.4, -0.2) is 58.7 Å². The molecule has 0 amide bonds. The molecule has 154 valence electrons. The molecule has 0 unspecified atom stereocenters. The van der Waals surface area contributed by atoms with E-state index in [4.69, 9.17) is 23.5 Å². The van der Waals surface area contributed by atoms with Crippen LogP contribution in [0.5, 0.6) is 0 Å². The third-order valence-corrected chi connectivity index (χ3v) is 4.89. The number of carbonyl (C=O) groups is 1. The van der Waals surface area contributed by atoms with Gasteiger partial charge in [0.05, 0.1) is 25.7 Å². The minimum Gasteiger partial charge on any atom is -0.475 e. The van der Waals surface area contributed by atoms with E-state index in [-0.39, 0.29) is 5.41 Å². The molecule has 4 rings (SSSR count). The lowest BCUT2D eigenvalue weighted by Crippen LogP contribution is -2.33. The SMILES string of the molecule is Cc1nnc(C[C@]23COC[C@H]2CN(Cc2ccoc2)C3)o1.O=C(O)C(F)(F)F. The Balaban J connectivity index is 0.000000279. The number of hydrogen-bond acceptors (Lipinski definition) is 7. The molecule has 0 bridgehead atoms. The molecule has 2 atom stereocenters. The molecule has 2 saturated heterocycles. The average Bonchev–Trinajstić information content (AvgIpc) is 3.34. The van der Waals surface area contributed by atoms with Crippen molar-refractivity contribution in [3.05, 3.63) is 35.9 Å². The molecule has 28 heavy (non-hydrogen) atoms. The Labute approximate surface area is 158 Å². The second-order valence-electron chi connectivity index (χ2n) is 7.07. The molecule has 2 aromatic rings. The number of carboxylic acid groups (broad SMARTS) is 1. The van der Waals surface area contributed by atoms with E-state index in [0.29, 0.717) is 11.8 Å². The molecule has 0 aromatic carbocycles. The molecule has 11 heteroatoms. The van der Waals surface area contributed by atoms with Gasteiger partial charge in [0.2, 0.25) is 11.8 Å². The van der Waals surface area contributed by atoms with Crippen LogP contribution in [0.3, 0.4) is 0 Å².